The average molecular weight is 409 g/mol. The Morgan fingerprint density at radius 1 is 0.871 bits per heavy atom. The third-order valence-electron chi connectivity index (χ3n) is 5.27. The molecular weight excluding hydrogens is 386 g/mol. The predicted octanol–water partition coefficient (Wildman–Crippen LogP) is 5.38. The smallest absolute Gasteiger partial charge is 0.256 e. The van der Waals surface area contributed by atoms with Gasteiger partial charge in [-0.3, -0.25) is 9.59 Å². The molecule has 4 aromatic rings. The second-order valence-electron chi connectivity index (χ2n) is 7.71. The number of carbonyl (C=O) groups excluding carboxylic acids is 2. The molecule has 0 saturated carbocycles. The maximum Gasteiger partial charge on any atom is 0.256 e. The second-order valence-corrected chi connectivity index (χ2v) is 7.71. The van der Waals surface area contributed by atoms with Crippen LogP contribution in [0, 0.1) is 0 Å². The van der Waals surface area contributed by atoms with Crippen LogP contribution in [-0.2, 0) is 0 Å². The van der Waals surface area contributed by atoms with Crippen molar-refractivity contribution in [3.8, 4) is 11.3 Å². The van der Waals surface area contributed by atoms with Gasteiger partial charge < -0.3 is 11.1 Å². The van der Waals surface area contributed by atoms with E-state index in [9.17, 15) is 9.59 Å². The number of pyridine rings is 1. The van der Waals surface area contributed by atoms with Crippen molar-refractivity contribution in [1.29, 1.82) is 0 Å². The van der Waals surface area contributed by atoms with Gasteiger partial charge in [0.1, 0.15) is 0 Å². The monoisotopic (exact) mass is 409 g/mol. The highest BCUT2D eigenvalue weighted by molar-refractivity contribution is 6.14. The van der Waals surface area contributed by atoms with E-state index in [2.05, 4.69) is 31.3 Å². The van der Waals surface area contributed by atoms with Crippen molar-refractivity contribution in [2.24, 2.45) is 5.73 Å². The van der Waals surface area contributed by atoms with Crippen molar-refractivity contribution in [2.45, 2.75) is 19.8 Å². The van der Waals surface area contributed by atoms with Crippen LogP contribution in [-0.4, -0.2) is 16.8 Å². The van der Waals surface area contributed by atoms with Crippen LogP contribution in [0.3, 0.4) is 0 Å². The number of nitrogens with two attached hydrogens (primary N) is 1. The van der Waals surface area contributed by atoms with Gasteiger partial charge in [-0.1, -0.05) is 68.4 Å². The van der Waals surface area contributed by atoms with E-state index < -0.39 is 5.91 Å². The van der Waals surface area contributed by atoms with Crippen molar-refractivity contribution >= 4 is 28.4 Å². The highest BCUT2D eigenvalue weighted by Crippen LogP contribution is 2.27. The summed E-state index contributed by atoms with van der Waals surface area (Å²) < 4.78 is 0. The van der Waals surface area contributed by atoms with Gasteiger partial charge in [-0.2, -0.15) is 0 Å². The number of amides is 2. The normalized spacial score (nSPS) is 10.9. The van der Waals surface area contributed by atoms with Crippen molar-refractivity contribution < 1.29 is 9.59 Å². The maximum atomic E-state index is 13.2. The van der Waals surface area contributed by atoms with Crippen molar-refractivity contribution in [3.63, 3.8) is 0 Å². The van der Waals surface area contributed by atoms with Crippen LogP contribution in [0.15, 0.2) is 78.9 Å². The minimum Gasteiger partial charge on any atom is -0.366 e. The molecular formula is C26H23N3O2. The standard InChI is InChI=1S/C26H23N3O2/c1-16(2)17-11-13-18(14-12-17)24-15-21(19-7-3-5-9-22(19)28-24)26(31)29-23-10-6-4-8-20(23)25(27)30/h3-16H,1-2H3,(H2,27,30)(H,29,31). The molecule has 0 atom stereocenters. The molecule has 1 aromatic heterocycles. The highest BCUT2D eigenvalue weighted by atomic mass is 16.2. The summed E-state index contributed by atoms with van der Waals surface area (Å²) in [5, 5.41) is 3.57. The molecule has 4 rings (SSSR count). The quantitative estimate of drug-likeness (QED) is 0.464. The molecule has 0 aliphatic heterocycles. The molecule has 0 spiro atoms. The van der Waals surface area contributed by atoms with E-state index in [0.717, 1.165) is 16.5 Å². The first-order valence-corrected chi connectivity index (χ1v) is 10.1. The summed E-state index contributed by atoms with van der Waals surface area (Å²) in [6, 6.07) is 24.2. The molecule has 1 heterocycles. The fraction of sp³-hybridized carbons (Fsp3) is 0.115. The highest BCUT2D eigenvalue weighted by Gasteiger charge is 2.16. The molecule has 5 nitrogen and oxygen atoms in total. The number of benzene rings is 3. The van der Waals surface area contributed by atoms with Gasteiger partial charge in [0.05, 0.1) is 28.0 Å². The number of primary amides is 1. The number of hydrogen-bond donors (Lipinski definition) is 2. The minimum atomic E-state index is -0.596. The summed E-state index contributed by atoms with van der Waals surface area (Å²) >= 11 is 0. The van der Waals surface area contributed by atoms with E-state index in [1.54, 1.807) is 30.3 Å². The van der Waals surface area contributed by atoms with E-state index in [1.165, 1.54) is 5.56 Å². The zero-order chi connectivity index (χ0) is 22.0. The van der Waals surface area contributed by atoms with Gasteiger partial charge in [-0.15, -0.1) is 0 Å². The second kappa shape index (κ2) is 8.40. The SMILES string of the molecule is CC(C)c1ccc(-c2cc(C(=O)Nc3ccccc3C(N)=O)c3ccccc3n2)cc1. The Kier molecular flexibility index (Phi) is 5.50. The summed E-state index contributed by atoms with van der Waals surface area (Å²) in [6.07, 6.45) is 0. The lowest BCUT2D eigenvalue weighted by Gasteiger charge is -2.13. The van der Waals surface area contributed by atoms with Gasteiger partial charge in [-0.25, -0.2) is 4.98 Å². The van der Waals surface area contributed by atoms with Crippen molar-refractivity contribution in [1.82, 2.24) is 4.98 Å². The molecule has 0 radical (unpaired) electrons. The largest absolute Gasteiger partial charge is 0.366 e. The van der Waals surface area contributed by atoms with Crippen LogP contribution in [0.1, 0.15) is 46.0 Å². The Labute approximate surface area is 180 Å². The Morgan fingerprint density at radius 3 is 2.26 bits per heavy atom. The van der Waals surface area contributed by atoms with Gasteiger partial charge >= 0.3 is 0 Å². The third kappa shape index (κ3) is 4.16. The number of aromatic nitrogens is 1. The zero-order valence-corrected chi connectivity index (χ0v) is 17.4. The van der Waals surface area contributed by atoms with Crippen LogP contribution in [0.25, 0.3) is 22.2 Å². The third-order valence-corrected chi connectivity index (χ3v) is 5.27. The molecule has 0 fully saturated rings. The van der Waals surface area contributed by atoms with Crippen LogP contribution in [0.5, 0.6) is 0 Å². The lowest BCUT2D eigenvalue weighted by molar-refractivity contribution is 0.100. The summed E-state index contributed by atoms with van der Waals surface area (Å²) in [7, 11) is 0. The van der Waals surface area contributed by atoms with Crippen LogP contribution in [0.4, 0.5) is 5.69 Å². The Balaban J connectivity index is 1.78. The number of carbonyl (C=O) groups is 2. The van der Waals surface area contributed by atoms with Gasteiger partial charge in [0.15, 0.2) is 0 Å². The van der Waals surface area contributed by atoms with Crippen LogP contribution < -0.4 is 11.1 Å². The van der Waals surface area contributed by atoms with Gasteiger partial charge in [-0.05, 0) is 35.7 Å². The number of anilines is 1. The summed E-state index contributed by atoms with van der Waals surface area (Å²) in [5.74, 6) is -0.487. The van der Waals surface area contributed by atoms with E-state index in [4.69, 9.17) is 10.7 Å². The topological polar surface area (TPSA) is 85.1 Å². The predicted molar refractivity (Wildman–Crippen MR) is 124 cm³/mol. The van der Waals surface area contributed by atoms with Crippen LogP contribution >= 0.6 is 0 Å². The van der Waals surface area contributed by atoms with E-state index in [-0.39, 0.29) is 11.5 Å². The summed E-state index contributed by atoms with van der Waals surface area (Å²) in [5.41, 5.74) is 10.2. The maximum absolute atomic E-state index is 13.2. The molecule has 0 aliphatic rings. The molecule has 2 amide bonds. The van der Waals surface area contributed by atoms with Gasteiger partial charge in [0.2, 0.25) is 0 Å². The number of nitrogens with zero attached hydrogens (tertiary/aromatic N) is 1. The number of fused-ring (bicyclic) bond motifs is 1. The summed E-state index contributed by atoms with van der Waals surface area (Å²) in [6.45, 7) is 4.30. The molecule has 0 unspecified atom stereocenters. The molecule has 0 aliphatic carbocycles. The molecule has 3 aromatic carbocycles. The van der Waals surface area contributed by atoms with Crippen molar-refractivity contribution in [2.75, 3.05) is 5.32 Å². The fourth-order valence-electron chi connectivity index (χ4n) is 3.55. The fourth-order valence-corrected chi connectivity index (χ4v) is 3.55. The number of rotatable bonds is 5. The first-order chi connectivity index (χ1) is 14.9. The molecule has 3 N–H and O–H groups in total. The number of para-hydroxylation sites is 2. The van der Waals surface area contributed by atoms with Gasteiger partial charge in [0, 0.05) is 10.9 Å². The van der Waals surface area contributed by atoms with E-state index in [0.29, 0.717) is 22.9 Å². The van der Waals surface area contributed by atoms with Crippen molar-refractivity contribution in [3.05, 3.63) is 95.6 Å². The van der Waals surface area contributed by atoms with Gasteiger partial charge in [0.25, 0.3) is 11.8 Å². The number of hydrogen-bond acceptors (Lipinski definition) is 3. The summed E-state index contributed by atoms with van der Waals surface area (Å²) in [4.78, 5) is 29.7. The Bertz CT molecular complexity index is 1280. The molecule has 154 valence electrons. The zero-order valence-electron chi connectivity index (χ0n) is 17.4. The lowest BCUT2D eigenvalue weighted by Crippen LogP contribution is -2.18. The van der Waals surface area contributed by atoms with Crippen LogP contribution in [0.2, 0.25) is 0 Å². The molecule has 0 saturated heterocycles. The average Bonchev–Trinajstić information content (AvgIpc) is 2.78. The molecule has 0 bridgehead atoms. The first kappa shape index (κ1) is 20.3. The minimum absolute atomic E-state index is 0.263. The Morgan fingerprint density at radius 2 is 1.55 bits per heavy atom. The molecule has 31 heavy (non-hydrogen) atoms. The van der Waals surface area contributed by atoms with E-state index >= 15 is 0 Å². The number of nitrogens with one attached hydrogen (secondary N) is 1. The Hall–Kier alpha value is -3.99. The van der Waals surface area contributed by atoms with E-state index in [1.807, 2.05) is 36.4 Å². The lowest BCUT2D eigenvalue weighted by atomic mass is 9.99. The molecule has 5 heteroatoms. The first-order valence-electron chi connectivity index (χ1n) is 10.1.